The maximum Gasteiger partial charge on any atom is 0.342 e. The van der Waals surface area contributed by atoms with E-state index in [1.54, 1.807) is 13.0 Å². The summed E-state index contributed by atoms with van der Waals surface area (Å²) < 4.78 is 16.6. The van der Waals surface area contributed by atoms with Gasteiger partial charge in [0.05, 0.1) is 14.2 Å². The molecule has 2 aromatic rings. The van der Waals surface area contributed by atoms with Crippen LogP contribution in [0.5, 0.6) is 11.5 Å². The Balaban J connectivity index is 2.01. The van der Waals surface area contributed by atoms with Crippen molar-refractivity contribution in [1.29, 1.82) is 0 Å². The first-order valence-electron chi connectivity index (χ1n) is 9.09. The molecule has 0 unspecified atom stereocenters. The number of aromatic nitrogens is 1. The Labute approximate surface area is 169 Å². The molecular formula is C21H25NO7. The van der Waals surface area contributed by atoms with Crippen molar-refractivity contribution in [2.24, 2.45) is 0 Å². The van der Waals surface area contributed by atoms with E-state index < -0.39 is 12.6 Å². The maximum atomic E-state index is 12.5. The summed E-state index contributed by atoms with van der Waals surface area (Å²) in [5.74, 6) is -1.32. The summed E-state index contributed by atoms with van der Waals surface area (Å²) in [6, 6.07) is 5.91. The third-order valence-corrected chi connectivity index (χ3v) is 4.62. The van der Waals surface area contributed by atoms with Crippen LogP contribution in [0.25, 0.3) is 0 Å². The second-order valence-corrected chi connectivity index (χ2v) is 6.50. The standard InChI is InChI=1S/C21H25NO7/c1-13-10-17(14(2)22(13)9-5-6-20(25)28-4)19(24)12-29-21(26)16-8-7-15(27-3)11-18(16)23/h7-8,10-11,23H,5-6,9,12H2,1-4H3. The number of carbonyl (C=O) groups is 3. The van der Waals surface area contributed by atoms with Crippen LogP contribution in [0.15, 0.2) is 24.3 Å². The Morgan fingerprint density at radius 2 is 1.79 bits per heavy atom. The first kappa shape index (κ1) is 22.0. The number of aromatic hydroxyl groups is 1. The number of methoxy groups -OCH3 is 2. The van der Waals surface area contributed by atoms with E-state index in [4.69, 9.17) is 9.47 Å². The molecule has 0 aliphatic heterocycles. The Hall–Kier alpha value is -3.29. The summed E-state index contributed by atoms with van der Waals surface area (Å²) in [6.07, 6.45) is 0.877. The van der Waals surface area contributed by atoms with Crippen molar-refractivity contribution in [3.8, 4) is 11.5 Å². The molecule has 0 fully saturated rings. The van der Waals surface area contributed by atoms with Crippen LogP contribution in [0.2, 0.25) is 0 Å². The molecule has 2 rings (SSSR count). The number of Topliss-reactive ketones (excluding diaryl/α,β-unsaturated/α-hetero) is 1. The monoisotopic (exact) mass is 403 g/mol. The molecule has 0 aliphatic carbocycles. The van der Waals surface area contributed by atoms with Crippen LogP contribution < -0.4 is 4.74 Å². The molecule has 8 heteroatoms. The fraction of sp³-hybridized carbons (Fsp3) is 0.381. The Bertz CT molecular complexity index is 914. The van der Waals surface area contributed by atoms with Crippen molar-refractivity contribution in [1.82, 2.24) is 4.57 Å². The average molecular weight is 403 g/mol. The van der Waals surface area contributed by atoms with Crippen LogP contribution in [0.3, 0.4) is 0 Å². The van der Waals surface area contributed by atoms with Crippen LogP contribution in [0, 0.1) is 13.8 Å². The fourth-order valence-electron chi connectivity index (χ4n) is 3.01. The minimum atomic E-state index is -0.801. The number of ether oxygens (including phenoxy) is 3. The lowest BCUT2D eigenvalue weighted by Crippen LogP contribution is -2.15. The molecule has 0 radical (unpaired) electrons. The summed E-state index contributed by atoms with van der Waals surface area (Å²) in [7, 11) is 2.79. The van der Waals surface area contributed by atoms with Gasteiger partial charge in [-0.25, -0.2) is 4.79 Å². The lowest BCUT2D eigenvalue weighted by atomic mass is 10.1. The molecule has 0 aliphatic rings. The normalized spacial score (nSPS) is 10.5. The first-order chi connectivity index (χ1) is 13.8. The zero-order chi connectivity index (χ0) is 21.6. The number of aryl methyl sites for hydroxylation is 1. The highest BCUT2D eigenvalue weighted by Gasteiger charge is 2.19. The predicted molar refractivity (Wildman–Crippen MR) is 104 cm³/mol. The van der Waals surface area contributed by atoms with Crippen LogP contribution in [-0.4, -0.2) is 48.2 Å². The molecule has 156 valence electrons. The van der Waals surface area contributed by atoms with E-state index in [9.17, 15) is 19.5 Å². The van der Waals surface area contributed by atoms with Gasteiger partial charge >= 0.3 is 11.9 Å². The fourth-order valence-corrected chi connectivity index (χ4v) is 3.01. The zero-order valence-corrected chi connectivity index (χ0v) is 17.0. The number of esters is 2. The summed E-state index contributed by atoms with van der Waals surface area (Å²) in [5, 5.41) is 9.90. The molecule has 1 heterocycles. The smallest absolute Gasteiger partial charge is 0.342 e. The SMILES string of the molecule is COC(=O)CCCn1c(C)cc(C(=O)COC(=O)c2ccc(OC)cc2O)c1C. The van der Waals surface area contributed by atoms with E-state index in [2.05, 4.69) is 4.74 Å². The van der Waals surface area contributed by atoms with Gasteiger partial charge in [-0.2, -0.15) is 0 Å². The minimum absolute atomic E-state index is 0.0492. The Kier molecular flexibility index (Phi) is 7.41. The Morgan fingerprint density at radius 1 is 1.07 bits per heavy atom. The van der Waals surface area contributed by atoms with Gasteiger partial charge in [-0.3, -0.25) is 9.59 Å². The molecule has 1 N–H and O–H groups in total. The van der Waals surface area contributed by atoms with Gasteiger partial charge in [0.15, 0.2) is 6.61 Å². The maximum absolute atomic E-state index is 12.5. The van der Waals surface area contributed by atoms with E-state index in [1.165, 1.54) is 32.4 Å². The Morgan fingerprint density at radius 3 is 2.41 bits per heavy atom. The third-order valence-electron chi connectivity index (χ3n) is 4.62. The predicted octanol–water partition coefficient (Wildman–Crippen LogP) is 2.81. The van der Waals surface area contributed by atoms with Gasteiger partial charge in [-0.1, -0.05) is 0 Å². The second-order valence-electron chi connectivity index (χ2n) is 6.50. The second kappa shape index (κ2) is 9.77. The molecule has 0 amide bonds. The third kappa shape index (κ3) is 5.37. The largest absolute Gasteiger partial charge is 0.507 e. The van der Waals surface area contributed by atoms with Crippen molar-refractivity contribution in [2.75, 3.05) is 20.8 Å². The highest BCUT2D eigenvalue weighted by atomic mass is 16.5. The van der Waals surface area contributed by atoms with Gasteiger partial charge < -0.3 is 23.9 Å². The first-order valence-corrected chi connectivity index (χ1v) is 9.09. The van der Waals surface area contributed by atoms with Gasteiger partial charge in [-0.15, -0.1) is 0 Å². The van der Waals surface area contributed by atoms with Crippen LogP contribution >= 0.6 is 0 Å². The zero-order valence-electron chi connectivity index (χ0n) is 17.0. The van der Waals surface area contributed by atoms with Crippen LogP contribution in [-0.2, 0) is 20.8 Å². The topological polar surface area (TPSA) is 104 Å². The summed E-state index contributed by atoms with van der Waals surface area (Å²) >= 11 is 0. The number of carbonyl (C=O) groups excluding carboxylic acids is 3. The lowest BCUT2D eigenvalue weighted by Gasteiger charge is -2.10. The highest BCUT2D eigenvalue weighted by molar-refractivity contribution is 6.01. The number of phenols is 1. The number of hydrogen-bond donors (Lipinski definition) is 1. The number of ketones is 1. The summed E-state index contributed by atoms with van der Waals surface area (Å²) in [5.41, 5.74) is 2.01. The van der Waals surface area contributed by atoms with Crippen molar-refractivity contribution >= 4 is 17.7 Å². The number of rotatable bonds is 9. The molecule has 0 spiro atoms. The molecular weight excluding hydrogens is 378 g/mol. The quantitative estimate of drug-likeness (QED) is 0.507. The number of nitrogens with zero attached hydrogens (tertiary/aromatic N) is 1. The van der Waals surface area contributed by atoms with E-state index in [0.29, 0.717) is 30.7 Å². The molecule has 0 atom stereocenters. The van der Waals surface area contributed by atoms with Crippen molar-refractivity contribution in [3.63, 3.8) is 0 Å². The molecule has 8 nitrogen and oxygen atoms in total. The minimum Gasteiger partial charge on any atom is -0.507 e. The van der Waals surface area contributed by atoms with Gasteiger partial charge in [0.1, 0.15) is 17.1 Å². The van der Waals surface area contributed by atoms with Gasteiger partial charge in [-0.05, 0) is 38.5 Å². The van der Waals surface area contributed by atoms with Crippen molar-refractivity contribution in [2.45, 2.75) is 33.2 Å². The van der Waals surface area contributed by atoms with Gasteiger partial charge in [0.25, 0.3) is 0 Å². The number of benzene rings is 1. The number of hydrogen-bond acceptors (Lipinski definition) is 7. The molecule has 0 saturated heterocycles. The van der Waals surface area contributed by atoms with Gasteiger partial charge in [0.2, 0.25) is 5.78 Å². The molecule has 29 heavy (non-hydrogen) atoms. The summed E-state index contributed by atoms with van der Waals surface area (Å²) in [6.45, 7) is 3.79. The van der Waals surface area contributed by atoms with E-state index in [1.807, 2.05) is 11.5 Å². The van der Waals surface area contributed by atoms with Crippen molar-refractivity contribution in [3.05, 3.63) is 46.8 Å². The molecule has 0 saturated carbocycles. The van der Waals surface area contributed by atoms with E-state index in [-0.39, 0.29) is 23.1 Å². The lowest BCUT2D eigenvalue weighted by molar-refractivity contribution is -0.140. The van der Waals surface area contributed by atoms with Gasteiger partial charge in [0, 0.05) is 36.0 Å². The number of phenolic OH excluding ortho intramolecular Hbond substituents is 1. The summed E-state index contributed by atoms with van der Waals surface area (Å²) in [4.78, 5) is 36.0. The molecule has 0 bridgehead atoms. The molecule has 1 aromatic carbocycles. The van der Waals surface area contributed by atoms with Crippen molar-refractivity contribution < 1.29 is 33.7 Å². The van der Waals surface area contributed by atoms with E-state index in [0.717, 1.165) is 11.4 Å². The average Bonchev–Trinajstić information content (AvgIpc) is 2.99. The molecule has 1 aromatic heterocycles. The van der Waals surface area contributed by atoms with E-state index >= 15 is 0 Å². The van der Waals surface area contributed by atoms with Crippen LogP contribution in [0.1, 0.15) is 44.9 Å². The van der Waals surface area contributed by atoms with Crippen LogP contribution in [0.4, 0.5) is 0 Å². The highest BCUT2D eigenvalue weighted by Crippen LogP contribution is 2.24.